The second kappa shape index (κ2) is 9.60. The molecule has 2 atom stereocenters. The van der Waals surface area contributed by atoms with Gasteiger partial charge in [0.25, 0.3) is 12.0 Å². The van der Waals surface area contributed by atoms with Crippen LogP contribution >= 0.6 is 0 Å². The molecule has 1 aromatic carbocycles. The van der Waals surface area contributed by atoms with Crippen molar-refractivity contribution in [2.45, 2.75) is 50.7 Å². The quantitative estimate of drug-likeness (QED) is 0.803. The van der Waals surface area contributed by atoms with Crippen molar-refractivity contribution in [3.05, 3.63) is 58.4 Å². The topological polar surface area (TPSA) is 48.6 Å². The summed E-state index contributed by atoms with van der Waals surface area (Å²) in [5, 5.41) is 0. The summed E-state index contributed by atoms with van der Waals surface area (Å²) >= 11 is 0. The molecule has 2 aliphatic rings. The molecule has 1 aromatic heterocycles. The third-order valence-corrected chi connectivity index (χ3v) is 6.06. The van der Waals surface area contributed by atoms with Crippen LogP contribution in [0.3, 0.4) is 0 Å². The lowest BCUT2D eigenvalue weighted by Gasteiger charge is -2.36. The SMILES string of the molecule is O=c1cc(N2CCO[C@@H](C(F)F)C2)cc(N2CCCCC[C@H]2Cc2ccccc2)[nH]1. The summed E-state index contributed by atoms with van der Waals surface area (Å²) in [5.74, 6) is 0.778. The van der Waals surface area contributed by atoms with Crippen LogP contribution in [0.2, 0.25) is 0 Å². The number of nitrogens with zero attached hydrogens (tertiary/aromatic N) is 2. The van der Waals surface area contributed by atoms with Crippen molar-refractivity contribution < 1.29 is 13.5 Å². The molecule has 162 valence electrons. The summed E-state index contributed by atoms with van der Waals surface area (Å²) in [6, 6.07) is 14.1. The lowest BCUT2D eigenvalue weighted by molar-refractivity contribution is -0.0614. The van der Waals surface area contributed by atoms with Crippen molar-refractivity contribution >= 4 is 11.5 Å². The lowest BCUT2D eigenvalue weighted by atomic mass is 10.0. The Morgan fingerprint density at radius 2 is 1.93 bits per heavy atom. The fourth-order valence-corrected chi connectivity index (χ4v) is 4.51. The molecule has 0 aliphatic carbocycles. The van der Waals surface area contributed by atoms with Crippen LogP contribution < -0.4 is 15.4 Å². The number of morpholine rings is 1. The first-order valence-electron chi connectivity index (χ1n) is 10.8. The predicted molar refractivity (Wildman–Crippen MR) is 115 cm³/mol. The van der Waals surface area contributed by atoms with Crippen LogP contribution in [0.5, 0.6) is 0 Å². The Kier molecular flexibility index (Phi) is 6.67. The van der Waals surface area contributed by atoms with Crippen LogP contribution in [-0.4, -0.2) is 49.8 Å². The van der Waals surface area contributed by atoms with E-state index in [1.807, 2.05) is 17.0 Å². The van der Waals surface area contributed by atoms with Crippen LogP contribution in [-0.2, 0) is 11.2 Å². The minimum Gasteiger partial charge on any atom is -0.369 e. The minimum atomic E-state index is -2.53. The van der Waals surface area contributed by atoms with E-state index >= 15 is 0 Å². The average Bonchev–Trinajstić information content (AvgIpc) is 2.99. The second-order valence-electron chi connectivity index (χ2n) is 8.16. The van der Waals surface area contributed by atoms with E-state index in [0.29, 0.717) is 18.3 Å². The fraction of sp³-hybridized carbons (Fsp3) is 0.522. The van der Waals surface area contributed by atoms with Crippen molar-refractivity contribution in [1.29, 1.82) is 0 Å². The molecule has 3 heterocycles. The number of nitrogens with one attached hydrogen (secondary N) is 1. The number of ether oxygens (including phenoxy) is 1. The Morgan fingerprint density at radius 1 is 1.10 bits per heavy atom. The Morgan fingerprint density at radius 3 is 2.73 bits per heavy atom. The molecule has 0 amide bonds. The highest BCUT2D eigenvalue weighted by Gasteiger charge is 2.29. The number of hydrogen-bond donors (Lipinski definition) is 1. The van der Waals surface area contributed by atoms with Gasteiger partial charge in [0.1, 0.15) is 11.9 Å². The van der Waals surface area contributed by atoms with Gasteiger partial charge in [0.05, 0.1) is 6.61 Å². The van der Waals surface area contributed by atoms with Crippen molar-refractivity contribution in [3.63, 3.8) is 0 Å². The van der Waals surface area contributed by atoms with E-state index in [0.717, 1.165) is 38.0 Å². The maximum atomic E-state index is 13.1. The van der Waals surface area contributed by atoms with Gasteiger partial charge in [-0.05, 0) is 24.8 Å². The van der Waals surface area contributed by atoms with Crippen LogP contribution in [0.4, 0.5) is 20.3 Å². The first-order chi connectivity index (χ1) is 14.6. The van der Waals surface area contributed by atoms with E-state index in [1.54, 1.807) is 0 Å². The van der Waals surface area contributed by atoms with Crippen molar-refractivity contribution in [2.75, 3.05) is 36.0 Å². The number of anilines is 2. The van der Waals surface area contributed by atoms with Gasteiger partial charge >= 0.3 is 0 Å². The van der Waals surface area contributed by atoms with Crippen LogP contribution in [0, 0.1) is 0 Å². The zero-order valence-electron chi connectivity index (χ0n) is 17.1. The maximum Gasteiger partial charge on any atom is 0.266 e. The highest BCUT2D eigenvalue weighted by atomic mass is 19.3. The highest BCUT2D eigenvalue weighted by Crippen LogP contribution is 2.28. The van der Waals surface area contributed by atoms with Gasteiger partial charge < -0.3 is 19.5 Å². The number of H-pyrrole nitrogens is 1. The number of benzene rings is 1. The van der Waals surface area contributed by atoms with E-state index in [4.69, 9.17) is 4.74 Å². The van der Waals surface area contributed by atoms with Gasteiger partial charge in [0, 0.05) is 43.5 Å². The molecule has 30 heavy (non-hydrogen) atoms. The number of hydrogen-bond acceptors (Lipinski definition) is 4. The summed E-state index contributed by atoms with van der Waals surface area (Å²) in [4.78, 5) is 19.6. The number of alkyl halides is 2. The van der Waals surface area contributed by atoms with Crippen molar-refractivity contribution in [1.82, 2.24) is 4.98 Å². The Hall–Kier alpha value is -2.41. The fourth-order valence-electron chi connectivity index (χ4n) is 4.51. The highest BCUT2D eigenvalue weighted by molar-refractivity contribution is 5.56. The van der Waals surface area contributed by atoms with Crippen LogP contribution in [0.1, 0.15) is 31.2 Å². The molecular formula is C23H29F2N3O2. The molecule has 2 aromatic rings. The standard InChI is InChI=1S/C23H29F2N3O2/c24-23(25)20-16-27(11-12-30-20)19-14-21(26-22(29)15-19)28-10-6-2-5-9-18(28)13-17-7-3-1-4-8-17/h1,3-4,7-8,14-15,18,20,23H,2,5-6,9-13,16H2,(H,26,29)/t18-,20+/m0/s1. The molecule has 2 fully saturated rings. The first kappa shape index (κ1) is 20.8. The molecule has 0 bridgehead atoms. The zero-order chi connectivity index (χ0) is 20.9. The third-order valence-electron chi connectivity index (χ3n) is 6.06. The number of aromatic nitrogens is 1. The lowest BCUT2D eigenvalue weighted by Crippen LogP contribution is -2.46. The first-order valence-corrected chi connectivity index (χ1v) is 10.8. The van der Waals surface area contributed by atoms with E-state index < -0.39 is 12.5 Å². The Bertz CT molecular complexity index is 874. The molecule has 1 N–H and O–H groups in total. The molecule has 0 spiro atoms. The molecule has 2 aliphatic heterocycles. The summed E-state index contributed by atoms with van der Waals surface area (Å²) in [6.07, 6.45) is 1.73. The van der Waals surface area contributed by atoms with Gasteiger partial charge in [-0.15, -0.1) is 0 Å². The molecule has 5 nitrogen and oxygen atoms in total. The number of pyridine rings is 1. The largest absolute Gasteiger partial charge is 0.369 e. The molecular weight excluding hydrogens is 388 g/mol. The normalized spacial score (nSPS) is 22.9. The summed E-state index contributed by atoms with van der Waals surface area (Å²) in [5.41, 5.74) is 1.76. The monoisotopic (exact) mass is 417 g/mol. The van der Waals surface area contributed by atoms with Crippen molar-refractivity contribution in [2.24, 2.45) is 0 Å². The third kappa shape index (κ3) is 5.01. The zero-order valence-corrected chi connectivity index (χ0v) is 17.1. The van der Waals surface area contributed by atoms with E-state index in [-0.39, 0.29) is 18.7 Å². The van der Waals surface area contributed by atoms with Crippen LogP contribution in [0.25, 0.3) is 0 Å². The van der Waals surface area contributed by atoms with Gasteiger partial charge in [-0.3, -0.25) is 4.79 Å². The maximum absolute atomic E-state index is 13.1. The summed E-state index contributed by atoms with van der Waals surface area (Å²) in [6.45, 7) is 1.70. The van der Waals surface area contributed by atoms with Gasteiger partial charge in [-0.2, -0.15) is 0 Å². The number of rotatable bonds is 5. The average molecular weight is 418 g/mol. The second-order valence-corrected chi connectivity index (χ2v) is 8.16. The number of halogens is 2. The van der Waals surface area contributed by atoms with Crippen molar-refractivity contribution in [3.8, 4) is 0 Å². The molecule has 0 radical (unpaired) electrons. The minimum absolute atomic E-state index is 0.0913. The predicted octanol–water partition coefficient (Wildman–Crippen LogP) is 3.84. The molecule has 0 unspecified atom stereocenters. The summed E-state index contributed by atoms with van der Waals surface area (Å²) < 4.78 is 31.4. The van der Waals surface area contributed by atoms with Gasteiger partial charge in [-0.1, -0.05) is 43.2 Å². The van der Waals surface area contributed by atoms with E-state index in [1.165, 1.54) is 18.1 Å². The van der Waals surface area contributed by atoms with Gasteiger partial charge in [0.15, 0.2) is 0 Å². The van der Waals surface area contributed by atoms with Gasteiger partial charge in [0.2, 0.25) is 0 Å². The molecule has 0 saturated carbocycles. The van der Waals surface area contributed by atoms with Crippen LogP contribution in [0.15, 0.2) is 47.3 Å². The smallest absolute Gasteiger partial charge is 0.266 e. The number of aromatic amines is 1. The summed E-state index contributed by atoms with van der Waals surface area (Å²) in [7, 11) is 0. The van der Waals surface area contributed by atoms with Gasteiger partial charge in [-0.25, -0.2) is 8.78 Å². The molecule has 4 rings (SSSR count). The van der Waals surface area contributed by atoms with E-state index in [2.05, 4.69) is 34.1 Å². The Balaban J connectivity index is 1.60. The molecule has 7 heteroatoms. The Labute approximate surface area is 175 Å². The molecule has 2 saturated heterocycles. The van der Waals surface area contributed by atoms with E-state index in [9.17, 15) is 13.6 Å².